The van der Waals surface area contributed by atoms with E-state index in [2.05, 4.69) is 4.74 Å². The predicted octanol–water partition coefficient (Wildman–Crippen LogP) is 1.12. The van der Waals surface area contributed by atoms with E-state index in [1.807, 2.05) is 4.90 Å². The molecule has 88 valence electrons. The molecule has 2 rings (SSSR count). The normalized spacial score (nSPS) is 37.2. The number of rotatable bonds is 2. The van der Waals surface area contributed by atoms with Crippen LogP contribution in [0.25, 0.3) is 0 Å². The van der Waals surface area contributed by atoms with Gasteiger partial charge in [-0.3, -0.25) is 9.64 Å². The summed E-state index contributed by atoms with van der Waals surface area (Å²) in [5.41, 5.74) is -0.448. The summed E-state index contributed by atoms with van der Waals surface area (Å²) in [4.78, 5) is 1.92. The summed E-state index contributed by atoms with van der Waals surface area (Å²) in [6, 6.07) is 0. The van der Waals surface area contributed by atoms with Crippen LogP contribution < -0.4 is 0 Å². The van der Waals surface area contributed by atoms with Gasteiger partial charge in [-0.2, -0.15) is 0 Å². The van der Waals surface area contributed by atoms with Gasteiger partial charge < -0.3 is 5.11 Å². The fraction of sp³-hybridized carbons (Fsp3) is 1.00. The minimum Gasteiger partial charge on any atom is -0.394 e. The van der Waals surface area contributed by atoms with Gasteiger partial charge in [-0.15, -0.1) is 13.2 Å². The first-order chi connectivity index (χ1) is 6.95. The van der Waals surface area contributed by atoms with Crippen molar-refractivity contribution >= 4 is 0 Å². The molecular weight excluding hydrogens is 211 g/mol. The fourth-order valence-electron chi connectivity index (χ4n) is 2.76. The lowest BCUT2D eigenvalue weighted by molar-refractivity contribution is -0.340. The van der Waals surface area contributed by atoms with E-state index in [9.17, 15) is 18.3 Å². The largest absolute Gasteiger partial charge is 0.522 e. The highest BCUT2D eigenvalue weighted by Crippen LogP contribution is 2.40. The van der Waals surface area contributed by atoms with Crippen molar-refractivity contribution in [2.24, 2.45) is 0 Å². The lowest BCUT2D eigenvalue weighted by Gasteiger charge is -2.28. The number of aliphatic hydroxyl groups is 1. The first-order valence-corrected chi connectivity index (χ1v) is 5.06. The average molecular weight is 225 g/mol. The third kappa shape index (κ3) is 2.11. The highest BCUT2D eigenvalue weighted by molar-refractivity contribution is 5.03. The number of alkyl halides is 3. The predicted molar refractivity (Wildman–Crippen MR) is 46.2 cm³/mol. The second-order valence-corrected chi connectivity index (χ2v) is 4.32. The smallest absolute Gasteiger partial charge is 0.394 e. The number of hydrogen-bond donors (Lipinski definition) is 1. The molecule has 2 aliphatic heterocycles. The zero-order chi connectivity index (χ0) is 11.1. The maximum atomic E-state index is 12.0. The summed E-state index contributed by atoms with van der Waals surface area (Å²) >= 11 is 0. The molecule has 2 heterocycles. The average Bonchev–Trinajstić information content (AvgIpc) is 2.57. The van der Waals surface area contributed by atoms with E-state index in [1.54, 1.807) is 0 Å². The van der Waals surface area contributed by atoms with Gasteiger partial charge in [0.15, 0.2) is 0 Å². The Balaban J connectivity index is 1.99. The van der Waals surface area contributed by atoms with Crippen LogP contribution in [-0.2, 0) is 4.74 Å². The number of fused-ring (bicyclic) bond motifs is 1. The molecule has 0 unspecified atom stereocenters. The number of hydrogen-bond acceptors (Lipinski definition) is 3. The molecule has 0 aromatic heterocycles. The Bertz CT molecular complexity index is 246. The third-order valence-corrected chi connectivity index (χ3v) is 3.37. The number of ether oxygens (including phenoxy) is 1. The van der Waals surface area contributed by atoms with Crippen LogP contribution in [0.1, 0.15) is 19.3 Å². The molecule has 0 spiro atoms. The molecule has 0 amide bonds. The number of halogens is 3. The van der Waals surface area contributed by atoms with Crippen molar-refractivity contribution in [1.82, 2.24) is 4.90 Å². The van der Waals surface area contributed by atoms with Crippen LogP contribution in [-0.4, -0.2) is 47.7 Å². The van der Waals surface area contributed by atoms with Crippen molar-refractivity contribution < 1.29 is 23.0 Å². The summed E-state index contributed by atoms with van der Waals surface area (Å²) in [7, 11) is 0. The molecular formula is C9H14F3NO2. The zero-order valence-corrected chi connectivity index (χ0v) is 8.26. The molecule has 1 N–H and O–H groups in total. The molecule has 3 nitrogen and oxygen atoms in total. The SMILES string of the molecule is OC[C@]12CCCN1C[C@@H](OC(F)(F)F)C2. The van der Waals surface area contributed by atoms with Crippen molar-refractivity contribution in [2.75, 3.05) is 19.7 Å². The first-order valence-electron chi connectivity index (χ1n) is 5.06. The maximum absolute atomic E-state index is 12.0. The van der Waals surface area contributed by atoms with Gasteiger partial charge in [0, 0.05) is 12.1 Å². The Morgan fingerprint density at radius 2 is 2.20 bits per heavy atom. The summed E-state index contributed by atoms with van der Waals surface area (Å²) < 4.78 is 40.0. The van der Waals surface area contributed by atoms with E-state index in [4.69, 9.17) is 0 Å². The molecule has 0 aromatic carbocycles. The Labute approximate surface area is 85.8 Å². The van der Waals surface area contributed by atoms with Gasteiger partial charge in [-0.1, -0.05) is 0 Å². The third-order valence-electron chi connectivity index (χ3n) is 3.37. The minimum atomic E-state index is -4.57. The topological polar surface area (TPSA) is 32.7 Å². The quantitative estimate of drug-likeness (QED) is 0.764. The number of aliphatic hydroxyl groups excluding tert-OH is 1. The van der Waals surface area contributed by atoms with Crippen LogP contribution in [0.4, 0.5) is 13.2 Å². The Morgan fingerprint density at radius 3 is 2.73 bits per heavy atom. The van der Waals surface area contributed by atoms with Crippen LogP contribution in [0.15, 0.2) is 0 Å². The summed E-state index contributed by atoms with van der Waals surface area (Å²) in [6.45, 7) is 0.961. The number of nitrogens with zero attached hydrogens (tertiary/aromatic N) is 1. The van der Waals surface area contributed by atoms with Crippen LogP contribution >= 0.6 is 0 Å². The molecule has 0 aromatic rings. The van der Waals surface area contributed by atoms with Crippen molar-refractivity contribution in [1.29, 1.82) is 0 Å². The Morgan fingerprint density at radius 1 is 1.47 bits per heavy atom. The molecule has 2 saturated heterocycles. The molecule has 2 fully saturated rings. The van der Waals surface area contributed by atoms with Crippen molar-refractivity contribution in [3.8, 4) is 0 Å². The van der Waals surface area contributed by atoms with E-state index in [0.29, 0.717) is 0 Å². The molecule has 0 radical (unpaired) electrons. The van der Waals surface area contributed by atoms with Gasteiger partial charge in [0.25, 0.3) is 0 Å². The van der Waals surface area contributed by atoms with Crippen LogP contribution in [0, 0.1) is 0 Å². The Hall–Kier alpha value is -0.330. The van der Waals surface area contributed by atoms with Gasteiger partial charge in [-0.25, -0.2) is 0 Å². The second kappa shape index (κ2) is 3.61. The lowest BCUT2D eigenvalue weighted by atomic mass is 9.94. The van der Waals surface area contributed by atoms with Gasteiger partial charge in [0.2, 0.25) is 0 Å². The van der Waals surface area contributed by atoms with Crippen LogP contribution in [0.2, 0.25) is 0 Å². The molecule has 15 heavy (non-hydrogen) atoms. The standard InChI is InChI=1S/C9H14F3NO2/c10-9(11,12)15-7-4-8(6-14)2-1-3-13(8)5-7/h7,14H,1-6H2/t7-,8+/m0/s1. The molecule has 6 heteroatoms. The van der Waals surface area contributed by atoms with Crippen LogP contribution in [0.3, 0.4) is 0 Å². The first kappa shape index (κ1) is 11.2. The van der Waals surface area contributed by atoms with E-state index in [1.165, 1.54) is 0 Å². The zero-order valence-electron chi connectivity index (χ0n) is 8.26. The maximum Gasteiger partial charge on any atom is 0.522 e. The van der Waals surface area contributed by atoms with Gasteiger partial charge >= 0.3 is 6.36 Å². The molecule has 2 atom stereocenters. The fourth-order valence-corrected chi connectivity index (χ4v) is 2.76. The van der Waals surface area contributed by atoms with Crippen molar-refractivity contribution in [2.45, 2.75) is 37.3 Å². The molecule has 0 saturated carbocycles. The van der Waals surface area contributed by atoms with Gasteiger partial charge in [0.1, 0.15) is 0 Å². The molecule has 0 aliphatic carbocycles. The van der Waals surface area contributed by atoms with Crippen LogP contribution in [0.5, 0.6) is 0 Å². The van der Waals surface area contributed by atoms with E-state index in [-0.39, 0.29) is 19.6 Å². The lowest BCUT2D eigenvalue weighted by Crippen LogP contribution is -2.41. The van der Waals surface area contributed by atoms with E-state index < -0.39 is 18.0 Å². The van der Waals surface area contributed by atoms with E-state index in [0.717, 1.165) is 19.4 Å². The van der Waals surface area contributed by atoms with Gasteiger partial charge in [-0.05, 0) is 25.8 Å². The van der Waals surface area contributed by atoms with Crippen molar-refractivity contribution in [3.63, 3.8) is 0 Å². The Kier molecular flexibility index (Phi) is 2.68. The summed E-state index contributed by atoms with van der Waals surface area (Å²) in [5.74, 6) is 0. The second-order valence-electron chi connectivity index (χ2n) is 4.32. The molecule has 2 aliphatic rings. The summed E-state index contributed by atoms with van der Waals surface area (Å²) in [5, 5.41) is 9.26. The van der Waals surface area contributed by atoms with E-state index >= 15 is 0 Å². The monoisotopic (exact) mass is 225 g/mol. The highest BCUT2D eigenvalue weighted by Gasteiger charge is 2.50. The summed E-state index contributed by atoms with van der Waals surface area (Å²) in [6.07, 6.45) is -3.40. The van der Waals surface area contributed by atoms with Crippen molar-refractivity contribution in [3.05, 3.63) is 0 Å². The minimum absolute atomic E-state index is 0.0787. The molecule has 0 bridgehead atoms. The van der Waals surface area contributed by atoms with Gasteiger partial charge in [0.05, 0.1) is 12.7 Å². The highest BCUT2D eigenvalue weighted by atomic mass is 19.4.